The summed E-state index contributed by atoms with van der Waals surface area (Å²) in [6, 6.07) is 0. The molecule has 0 spiro atoms. The second kappa shape index (κ2) is 4.77. The molecule has 15 heavy (non-hydrogen) atoms. The van der Waals surface area contributed by atoms with Gasteiger partial charge in [0.15, 0.2) is 0 Å². The van der Waals surface area contributed by atoms with Crippen molar-refractivity contribution in [2.24, 2.45) is 12.0 Å². The van der Waals surface area contributed by atoms with E-state index in [-0.39, 0.29) is 0 Å². The Morgan fingerprint density at radius 1 is 1.53 bits per heavy atom. The van der Waals surface area contributed by atoms with Crippen molar-refractivity contribution >= 4 is 17.6 Å². The highest BCUT2D eigenvalue weighted by Gasteiger charge is 2.12. The zero-order valence-corrected chi connectivity index (χ0v) is 10.00. The molecule has 1 heterocycles. The lowest BCUT2D eigenvalue weighted by Crippen LogP contribution is -1.98. The summed E-state index contributed by atoms with van der Waals surface area (Å²) >= 11 is 0. The van der Waals surface area contributed by atoms with E-state index in [1.807, 2.05) is 38.0 Å². The van der Waals surface area contributed by atoms with Crippen LogP contribution in [0.5, 0.6) is 0 Å². The van der Waals surface area contributed by atoms with Crippen LogP contribution in [0.3, 0.4) is 0 Å². The third-order valence-corrected chi connectivity index (χ3v) is 2.37. The third-order valence-electron chi connectivity index (χ3n) is 2.37. The maximum atomic E-state index is 4.47. The Morgan fingerprint density at radius 3 is 2.60 bits per heavy atom. The molecule has 1 rings (SSSR count). The van der Waals surface area contributed by atoms with Gasteiger partial charge in [0.05, 0.1) is 5.69 Å². The number of allylic oxidation sites excluding steroid dienone is 2. The summed E-state index contributed by atoms with van der Waals surface area (Å²) < 4.78 is 1.84. The first-order chi connectivity index (χ1) is 7.15. The minimum Gasteiger partial charge on any atom is -0.373 e. The van der Waals surface area contributed by atoms with Gasteiger partial charge < -0.3 is 5.32 Å². The fourth-order valence-electron chi connectivity index (χ4n) is 1.66. The summed E-state index contributed by atoms with van der Waals surface area (Å²) in [6.07, 6.45) is 3.84. The third kappa shape index (κ3) is 2.09. The van der Waals surface area contributed by atoms with Crippen LogP contribution in [-0.2, 0) is 7.05 Å². The Labute approximate surface area is 90.7 Å². The average molecular weight is 206 g/mol. The summed E-state index contributed by atoms with van der Waals surface area (Å²) in [7, 11) is 5.59. The molecule has 0 aromatic carbocycles. The second-order valence-corrected chi connectivity index (χ2v) is 3.33. The summed E-state index contributed by atoms with van der Waals surface area (Å²) in [5.74, 6) is 1.04. The van der Waals surface area contributed by atoms with Gasteiger partial charge in [0, 0.05) is 38.5 Å². The zero-order valence-electron chi connectivity index (χ0n) is 10.00. The highest BCUT2D eigenvalue weighted by Crippen LogP contribution is 2.22. The summed E-state index contributed by atoms with van der Waals surface area (Å²) in [5, 5.41) is 7.60. The van der Waals surface area contributed by atoms with Crippen LogP contribution in [0.15, 0.2) is 11.1 Å². The van der Waals surface area contributed by atoms with E-state index in [4.69, 9.17) is 0 Å². The monoisotopic (exact) mass is 206 g/mol. The van der Waals surface area contributed by atoms with E-state index < -0.39 is 0 Å². The second-order valence-electron chi connectivity index (χ2n) is 3.33. The molecular weight excluding hydrogens is 188 g/mol. The molecular formula is C11H18N4. The quantitative estimate of drug-likeness (QED) is 0.767. The molecule has 0 amide bonds. The van der Waals surface area contributed by atoms with Crippen molar-refractivity contribution in [3.63, 3.8) is 0 Å². The average Bonchev–Trinajstić information content (AvgIpc) is 2.50. The van der Waals surface area contributed by atoms with Crippen LogP contribution in [-0.4, -0.2) is 30.1 Å². The number of hydrogen-bond donors (Lipinski definition) is 1. The van der Waals surface area contributed by atoms with Gasteiger partial charge in [-0.3, -0.25) is 9.67 Å². The highest BCUT2D eigenvalue weighted by atomic mass is 15.3. The molecule has 0 unspecified atom stereocenters. The van der Waals surface area contributed by atoms with Crippen molar-refractivity contribution in [3.8, 4) is 0 Å². The first-order valence-electron chi connectivity index (χ1n) is 4.95. The molecule has 0 bridgehead atoms. The molecule has 0 saturated carbocycles. The van der Waals surface area contributed by atoms with Gasteiger partial charge in [-0.1, -0.05) is 6.08 Å². The van der Waals surface area contributed by atoms with Crippen molar-refractivity contribution in [2.75, 3.05) is 19.4 Å². The van der Waals surface area contributed by atoms with Crippen molar-refractivity contribution in [1.29, 1.82) is 0 Å². The lowest BCUT2D eigenvalue weighted by molar-refractivity contribution is 0.770. The van der Waals surface area contributed by atoms with E-state index >= 15 is 0 Å². The molecule has 1 aromatic heterocycles. The minimum atomic E-state index is 0.981. The highest BCUT2D eigenvalue weighted by molar-refractivity contribution is 6.09. The molecule has 82 valence electrons. The molecule has 4 nitrogen and oxygen atoms in total. The smallest absolute Gasteiger partial charge is 0.127 e. The van der Waals surface area contributed by atoms with Crippen molar-refractivity contribution in [1.82, 2.24) is 9.78 Å². The standard InChI is InChI=1S/C11H18N4/c1-6-9(7-12-3)10-8(2)11(13-4)15(5)14-10/h6-7,13H,1-5H3/b9-6+,12-7?. The molecule has 1 N–H and O–H groups in total. The number of nitrogens with zero attached hydrogens (tertiary/aromatic N) is 3. The van der Waals surface area contributed by atoms with Crippen molar-refractivity contribution in [3.05, 3.63) is 17.3 Å². The van der Waals surface area contributed by atoms with E-state index in [9.17, 15) is 0 Å². The molecule has 0 aliphatic heterocycles. The molecule has 0 fully saturated rings. The SMILES string of the molecule is C/C=C(\C=NC)c1nn(C)c(NC)c1C. The minimum absolute atomic E-state index is 0.981. The molecule has 0 radical (unpaired) electrons. The molecule has 4 heteroatoms. The molecule has 0 aliphatic rings. The Kier molecular flexibility index (Phi) is 3.66. The van der Waals surface area contributed by atoms with Gasteiger partial charge in [-0.05, 0) is 13.8 Å². The number of aliphatic imine (C=N–C) groups is 1. The number of rotatable bonds is 3. The van der Waals surface area contributed by atoms with E-state index in [1.165, 1.54) is 0 Å². The number of anilines is 1. The van der Waals surface area contributed by atoms with Gasteiger partial charge in [0.1, 0.15) is 5.82 Å². The summed E-state index contributed by atoms with van der Waals surface area (Å²) in [6.45, 7) is 4.05. The maximum Gasteiger partial charge on any atom is 0.127 e. The van der Waals surface area contributed by atoms with Gasteiger partial charge >= 0.3 is 0 Å². The number of aryl methyl sites for hydroxylation is 1. The lowest BCUT2D eigenvalue weighted by Gasteiger charge is -2.00. The topological polar surface area (TPSA) is 42.2 Å². The lowest BCUT2D eigenvalue weighted by atomic mass is 10.1. The molecule has 0 aliphatic carbocycles. The largest absolute Gasteiger partial charge is 0.373 e. The predicted octanol–water partition coefficient (Wildman–Crippen LogP) is 1.87. The van der Waals surface area contributed by atoms with Crippen LogP contribution in [0.25, 0.3) is 5.57 Å². The van der Waals surface area contributed by atoms with E-state index in [0.29, 0.717) is 0 Å². The summed E-state index contributed by atoms with van der Waals surface area (Å²) in [5.41, 5.74) is 3.18. The van der Waals surface area contributed by atoms with E-state index in [1.54, 1.807) is 7.05 Å². The normalized spacial score (nSPS) is 12.5. The first kappa shape index (κ1) is 11.5. The van der Waals surface area contributed by atoms with E-state index in [0.717, 1.165) is 22.6 Å². The van der Waals surface area contributed by atoms with Gasteiger partial charge in [-0.2, -0.15) is 5.10 Å². The Balaban J connectivity index is 3.26. The fraction of sp³-hybridized carbons (Fsp3) is 0.455. The fourth-order valence-corrected chi connectivity index (χ4v) is 1.66. The van der Waals surface area contributed by atoms with Gasteiger partial charge in [0.2, 0.25) is 0 Å². The van der Waals surface area contributed by atoms with Crippen molar-refractivity contribution < 1.29 is 0 Å². The maximum absolute atomic E-state index is 4.47. The predicted molar refractivity (Wildman–Crippen MR) is 65.6 cm³/mol. The zero-order chi connectivity index (χ0) is 11.4. The van der Waals surface area contributed by atoms with Gasteiger partial charge in [-0.25, -0.2) is 0 Å². The van der Waals surface area contributed by atoms with Crippen LogP contribution >= 0.6 is 0 Å². The van der Waals surface area contributed by atoms with Crippen LogP contribution < -0.4 is 5.32 Å². The number of aromatic nitrogens is 2. The van der Waals surface area contributed by atoms with Crippen LogP contribution in [0, 0.1) is 6.92 Å². The number of nitrogens with one attached hydrogen (secondary N) is 1. The molecule has 1 aromatic rings. The summed E-state index contributed by atoms with van der Waals surface area (Å²) in [4.78, 5) is 4.03. The van der Waals surface area contributed by atoms with Gasteiger partial charge in [0.25, 0.3) is 0 Å². The first-order valence-corrected chi connectivity index (χ1v) is 4.95. The van der Waals surface area contributed by atoms with Crippen LogP contribution in [0.2, 0.25) is 0 Å². The Morgan fingerprint density at radius 2 is 2.20 bits per heavy atom. The Hall–Kier alpha value is -1.58. The van der Waals surface area contributed by atoms with Gasteiger partial charge in [-0.15, -0.1) is 0 Å². The van der Waals surface area contributed by atoms with Crippen LogP contribution in [0.1, 0.15) is 18.2 Å². The van der Waals surface area contributed by atoms with E-state index in [2.05, 4.69) is 22.3 Å². The molecule has 0 atom stereocenters. The Bertz CT molecular complexity index is 399. The number of hydrogen-bond acceptors (Lipinski definition) is 3. The van der Waals surface area contributed by atoms with Crippen LogP contribution in [0.4, 0.5) is 5.82 Å². The van der Waals surface area contributed by atoms with Crippen molar-refractivity contribution in [2.45, 2.75) is 13.8 Å². The molecule has 0 saturated heterocycles.